The van der Waals surface area contributed by atoms with Crippen molar-refractivity contribution in [3.63, 3.8) is 0 Å². The summed E-state index contributed by atoms with van der Waals surface area (Å²) in [4.78, 5) is 13.4. The molecule has 0 bridgehead atoms. The van der Waals surface area contributed by atoms with E-state index >= 15 is 0 Å². The Morgan fingerprint density at radius 1 is 0.882 bits per heavy atom. The summed E-state index contributed by atoms with van der Waals surface area (Å²) < 4.78 is 28.6. The van der Waals surface area contributed by atoms with Crippen LogP contribution in [0.3, 0.4) is 0 Å². The molecule has 0 aliphatic heterocycles. The van der Waals surface area contributed by atoms with Gasteiger partial charge in [0, 0.05) is 0 Å². The van der Waals surface area contributed by atoms with Crippen molar-refractivity contribution >= 4 is 21.6 Å². The van der Waals surface area contributed by atoms with E-state index in [2.05, 4.69) is 19.2 Å². The van der Waals surface area contributed by atoms with Gasteiger partial charge in [-0.05, 0) is 62.4 Å². The molecular weight excluding hydrogens is 444 g/mol. The normalized spacial score (nSPS) is 12.4. The summed E-state index contributed by atoms with van der Waals surface area (Å²) in [5.41, 5.74) is 4.30. The number of hydrogen-bond acceptors (Lipinski definition) is 3. The molecule has 0 aliphatic carbocycles. The first kappa shape index (κ1) is 25.5. The molecule has 0 saturated heterocycles. The van der Waals surface area contributed by atoms with Gasteiger partial charge in [-0.3, -0.25) is 9.10 Å². The molecule has 5 nitrogen and oxygen atoms in total. The van der Waals surface area contributed by atoms with Gasteiger partial charge in [-0.1, -0.05) is 79.6 Å². The van der Waals surface area contributed by atoms with Crippen molar-refractivity contribution in [3.05, 3.63) is 95.1 Å². The fraction of sp³-hybridized carbons (Fsp3) is 0.321. The van der Waals surface area contributed by atoms with Gasteiger partial charge in [0.05, 0.1) is 16.6 Å². The van der Waals surface area contributed by atoms with Gasteiger partial charge in [-0.15, -0.1) is 0 Å². The highest BCUT2D eigenvalue weighted by molar-refractivity contribution is 7.92. The van der Waals surface area contributed by atoms with Crippen molar-refractivity contribution in [3.8, 4) is 0 Å². The van der Waals surface area contributed by atoms with Gasteiger partial charge < -0.3 is 5.32 Å². The smallest absolute Gasteiger partial charge is 0.264 e. The molecule has 3 aromatic rings. The van der Waals surface area contributed by atoms with Crippen molar-refractivity contribution in [1.82, 2.24) is 5.32 Å². The molecule has 34 heavy (non-hydrogen) atoms. The van der Waals surface area contributed by atoms with Crippen LogP contribution >= 0.6 is 0 Å². The van der Waals surface area contributed by atoms with E-state index in [-0.39, 0.29) is 23.4 Å². The van der Waals surface area contributed by atoms with Crippen molar-refractivity contribution in [2.75, 3.05) is 10.8 Å². The number of anilines is 1. The summed E-state index contributed by atoms with van der Waals surface area (Å²) >= 11 is 0. The van der Waals surface area contributed by atoms with E-state index in [9.17, 15) is 13.2 Å². The molecule has 3 aromatic carbocycles. The molecule has 1 unspecified atom stereocenters. The number of hydrogen-bond donors (Lipinski definition) is 1. The van der Waals surface area contributed by atoms with Crippen LogP contribution in [0.1, 0.15) is 48.6 Å². The maximum Gasteiger partial charge on any atom is 0.264 e. The Labute approximate surface area is 203 Å². The molecule has 0 heterocycles. The van der Waals surface area contributed by atoms with E-state index in [1.54, 1.807) is 30.3 Å². The number of carbonyl (C=O) groups excluding carboxylic acids is 1. The number of sulfonamides is 1. The zero-order valence-electron chi connectivity index (χ0n) is 20.6. The lowest BCUT2D eigenvalue weighted by molar-refractivity contribution is -0.120. The predicted octanol–water partition coefficient (Wildman–Crippen LogP) is 5.71. The van der Waals surface area contributed by atoms with Gasteiger partial charge in [0.15, 0.2) is 0 Å². The van der Waals surface area contributed by atoms with E-state index in [0.29, 0.717) is 11.6 Å². The highest BCUT2D eigenvalue weighted by Crippen LogP contribution is 2.28. The second kappa shape index (κ2) is 10.9. The number of rotatable bonds is 9. The quantitative estimate of drug-likeness (QED) is 0.428. The summed E-state index contributed by atoms with van der Waals surface area (Å²) in [5, 5.41) is 3.08. The number of nitrogens with one attached hydrogen (secondary N) is 1. The first-order valence-corrected chi connectivity index (χ1v) is 13.0. The van der Waals surface area contributed by atoms with E-state index in [4.69, 9.17) is 0 Å². The van der Waals surface area contributed by atoms with Gasteiger partial charge in [-0.2, -0.15) is 0 Å². The number of nitrogens with zero attached hydrogens (tertiary/aromatic N) is 1. The lowest BCUT2D eigenvalue weighted by Gasteiger charge is -2.28. The van der Waals surface area contributed by atoms with Crippen molar-refractivity contribution in [2.24, 2.45) is 5.92 Å². The highest BCUT2D eigenvalue weighted by Gasteiger charge is 2.29. The lowest BCUT2D eigenvalue weighted by atomic mass is 9.97. The van der Waals surface area contributed by atoms with Crippen LogP contribution in [-0.2, 0) is 14.8 Å². The molecule has 0 radical (unpaired) electrons. The van der Waals surface area contributed by atoms with Crippen LogP contribution in [-0.4, -0.2) is 20.9 Å². The van der Waals surface area contributed by atoms with E-state index < -0.39 is 10.0 Å². The third-order valence-corrected chi connectivity index (χ3v) is 7.54. The molecule has 6 heteroatoms. The summed E-state index contributed by atoms with van der Waals surface area (Å²) in [6.07, 6.45) is 0.754. The van der Waals surface area contributed by atoms with E-state index in [0.717, 1.165) is 28.7 Å². The largest absolute Gasteiger partial charge is 0.348 e. The van der Waals surface area contributed by atoms with Crippen LogP contribution in [0, 0.1) is 26.7 Å². The standard InChI is InChI=1S/C28H34N2O3S/c1-20(2)17-26(24-9-7-6-8-10-24)29-28(31)19-30(27-16-13-22(4)18-23(27)5)34(32,33)25-14-11-21(3)12-15-25/h6-16,18,20,26H,17,19H2,1-5H3,(H,29,31). The first-order chi connectivity index (χ1) is 16.1. The average molecular weight is 479 g/mol. The molecule has 0 fully saturated rings. The summed E-state index contributed by atoms with van der Waals surface area (Å²) in [7, 11) is -3.95. The summed E-state index contributed by atoms with van der Waals surface area (Å²) in [6, 6.07) is 21.9. The number of aryl methyl sites for hydroxylation is 3. The van der Waals surface area contributed by atoms with Crippen LogP contribution in [0.4, 0.5) is 5.69 Å². The average Bonchev–Trinajstić information content (AvgIpc) is 2.78. The van der Waals surface area contributed by atoms with Gasteiger partial charge >= 0.3 is 0 Å². The molecule has 0 spiro atoms. The number of carbonyl (C=O) groups is 1. The topological polar surface area (TPSA) is 66.5 Å². The summed E-state index contributed by atoms with van der Waals surface area (Å²) in [5.74, 6) is 0.0161. The predicted molar refractivity (Wildman–Crippen MR) is 138 cm³/mol. The monoisotopic (exact) mass is 478 g/mol. The Morgan fingerprint density at radius 3 is 2.09 bits per heavy atom. The Balaban J connectivity index is 1.96. The minimum Gasteiger partial charge on any atom is -0.348 e. The number of amides is 1. The van der Waals surface area contributed by atoms with Crippen molar-refractivity contribution in [1.29, 1.82) is 0 Å². The van der Waals surface area contributed by atoms with Crippen LogP contribution in [0.2, 0.25) is 0 Å². The van der Waals surface area contributed by atoms with Crippen molar-refractivity contribution in [2.45, 2.75) is 52.0 Å². The molecule has 180 valence electrons. The molecule has 1 amide bonds. The molecule has 1 N–H and O–H groups in total. The van der Waals surface area contributed by atoms with Gasteiger partial charge in [0.2, 0.25) is 5.91 Å². The Kier molecular flexibility index (Phi) is 8.15. The molecule has 1 atom stereocenters. The maximum atomic E-state index is 13.7. The SMILES string of the molecule is Cc1ccc(S(=O)(=O)N(CC(=O)NC(CC(C)C)c2ccccc2)c2ccc(C)cc2C)cc1. The van der Waals surface area contributed by atoms with Crippen LogP contribution in [0.5, 0.6) is 0 Å². The second-order valence-corrected chi connectivity index (χ2v) is 11.1. The fourth-order valence-corrected chi connectivity index (χ4v) is 5.51. The van der Waals surface area contributed by atoms with Gasteiger partial charge in [0.25, 0.3) is 10.0 Å². The third-order valence-electron chi connectivity index (χ3n) is 5.76. The molecule has 3 rings (SSSR count). The van der Waals surface area contributed by atoms with Crippen LogP contribution in [0.25, 0.3) is 0 Å². The third kappa shape index (κ3) is 6.26. The Morgan fingerprint density at radius 2 is 1.50 bits per heavy atom. The molecule has 0 aromatic heterocycles. The van der Waals surface area contributed by atoms with Crippen LogP contribution < -0.4 is 9.62 Å². The first-order valence-electron chi connectivity index (χ1n) is 11.6. The molecule has 0 saturated carbocycles. The van der Waals surface area contributed by atoms with E-state index in [1.807, 2.05) is 63.2 Å². The fourth-order valence-electron chi connectivity index (χ4n) is 4.03. The molecule has 0 aliphatic rings. The zero-order valence-corrected chi connectivity index (χ0v) is 21.4. The minimum absolute atomic E-state index is 0.160. The Hall–Kier alpha value is -3.12. The minimum atomic E-state index is -3.95. The molecular formula is C28H34N2O3S. The highest BCUT2D eigenvalue weighted by atomic mass is 32.2. The van der Waals surface area contributed by atoms with Gasteiger partial charge in [0.1, 0.15) is 6.54 Å². The second-order valence-electron chi connectivity index (χ2n) is 9.28. The van der Waals surface area contributed by atoms with Gasteiger partial charge in [-0.25, -0.2) is 8.42 Å². The number of benzene rings is 3. The van der Waals surface area contributed by atoms with E-state index in [1.165, 1.54) is 4.31 Å². The van der Waals surface area contributed by atoms with Crippen molar-refractivity contribution < 1.29 is 13.2 Å². The zero-order chi connectivity index (χ0) is 24.9. The summed E-state index contributed by atoms with van der Waals surface area (Å²) in [6.45, 7) is 9.63. The van der Waals surface area contributed by atoms with Crippen LogP contribution in [0.15, 0.2) is 77.7 Å². The Bertz CT molecular complexity index is 1220. The lowest BCUT2D eigenvalue weighted by Crippen LogP contribution is -2.42. The maximum absolute atomic E-state index is 13.7.